The Kier molecular flexibility index (Phi) is 6.52. The summed E-state index contributed by atoms with van der Waals surface area (Å²) in [6.45, 7) is 1.86. The van der Waals surface area contributed by atoms with Crippen LogP contribution >= 0.6 is 0 Å². The van der Waals surface area contributed by atoms with Gasteiger partial charge >= 0.3 is 12.0 Å². The van der Waals surface area contributed by atoms with Crippen LogP contribution in [0.3, 0.4) is 0 Å². The van der Waals surface area contributed by atoms with Gasteiger partial charge in [-0.3, -0.25) is 4.79 Å². The number of nitrogens with zero attached hydrogens (tertiary/aromatic N) is 1. The maximum atomic E-state index is 11.8. The van der Waals surface area contributed by atoms with Crippen LogP contribution in [0, 0.1) is 0 Å². The summed E-state index contributed by atoms with van der Waals surface area (Å²) in [6, 6.07) is 7.19. The van der Waals surface area contributed by atoms with Crippen LogP contribution in [0.1, 0.15) is 26.2 Å². The molecule has 0 radical (unpaired) electrons. The van der Waals surface area contributed by atoms with Crippen molar-refractivity contribution in [3.05, 3.63) is 24.3 Å². The number of benzene rings is 1. The van der Waals surface area contributed by atoms with Crippen molar-refractivity contribution >= 4 is 23.4 Å². The van der Waals surface area contributed by atoms with Crippen molar-refractivity contribution in [3.8, 4) is 0 Å². The molecule has 21 heavy (non-hydrogen) atoms. The number of rotatable bonds is 7. The molecule has 2 amide bonds. The molecular weight excluding hydrogens is 270 g/mol. The van der Waals surface area contributed by atoms with Crippen molar-refractivity contribution in [2.75, 3.05) is 24.3 Å². The Balaban J connectivity index is 2.42. The molecule has 1 aromatic carbocycles. The predicted molar refractivity (Wildman–Crippen MR) is 83.9 cm³/mol. The fraction of sp³-hybridized carbons (Fsp3) is 0.467. The first-order valence-electron chi connectivity index (χ1n) is 6.95. The van der Waals surface area contributed by atoms with Crippen LogP contribution in [-0.2, 0) is 4.79 Å². The number of carbonyl (C=O) groups is 2. The molecule has 0 aromatic heterocycles. The lowest BCUT2D eigenvalue weighted by Crippen LogP contribution is -2.36. The summed E-state index contributed by atoms with van der Waals surface area (Å²) in [5.41, 5.74) is 1.72. The smallest absolute Gasteiger partial charge is 0.319 e. The van der Waals surface area contributed by atoms with Crippen molar-refractivity contribution in [3.63, 3.8) is 0 Å². The number of nitrogens with one attached hydrogen (secondary N) is 2. The minimum absolute atomic E-state index is 0.0682. The standard InChI is InChI=1S/C15H23N3O3/c1-11(6-4-9-14(19)20)16-15(21)17-12-7-5-8-13(10-12)18(2)3/h5,7-8,10-11H,4,6,9H2,1-3H3,(H,19,20)(H2,16,17,21). The third kappa shape index (κ3) is 6.65. The van der Waals surface area contributed by atoms with Crippen molar-refractivity contribution in [2.24, 2.45) is 0 Å². The number of urea groups is 1. The van der Waals surface area contributed by atoms with E-state index in [1.165, 1.54) is 0 Å². The summed E-state index contributed by atoms with van der Waals surface area (Å²) in [5, 5.41) is 14.1. The van der Waals surface area contributed by atoms with Crippen molar-refractivity contribution < 1.29 is 14.7 Å². The van der Waals surface area contributed by atoms with E-state index in [4.69, 9.17) is 5.11 Å². The Labute approximate surface area is 125 Å². The summed E-state index contributed by atoms with van der Waals surface area (Å²) < 4.78 is 0. The molecule has 0 saturated carbocycles. The summed E-state index contributed by atoms with van der Waals surface area (Å²) in [5.74, 6) is -0.813. The summed E-state index contributed by atoms with van der Waals surface area (Å²) in [4.78, 5) is 24.2. The van der Waals surface area contributed by atoms with Gasteiger partial charge in [-0.15, -0.1) is 0 Å². The lowest BCUT2D eigenvalue weighted by molar-refractivity contribution is -0.137. The van der Waals surface area contributed by atoms with Gasteiger partial charge in [-0.25, -0.2) is 4.79 Å². The number of anilines is 2. The van der Waals surface area contributed by atoms with Gasteiger partial charge in [0, 0.05) is 37.9 Å². The Morgan fingerprint density at radius 2 is 2.05 bits per heavy atom. The Bertz CT molecular complexity index is 489. The third-order valence-corrected chi connectivity index (χ3v) is 3.03. The topological polar surface area (TPSA) is 81.7 Å². The number of hydrogen-bond acceptors (Lipinski definition) is 3. The van der Waals surface area contributed by atoms with Gasteiger partial charge in [-0.2, -0.15) is 0 Å². The Hall–Kier alpha value is -2.24. The number of hydrogen-bond donors (Lipinski definition) is 3. The Morgan fingerprint density at radius 3 is 2.67 bits per heavy atom. The number of amides is 2. The van der Waals surface area contributed by atoms with Gasteiger partial charge < -0.3 is 20.6 Å². The van der Waals surface area contributed by atoms with E-state index in [2.05, 4.69) is 10.6 Å². The lowest BCUT2D eigenvalue weighted by Gasteiger charge is -2.16. The number of carboxylic acids is 1. The molecule has 0 aliphatic rings. The molecule has 0 bridgehead atoms. The van der Waals surface area contributed by atoms with E-state index in [0.717, 1.165) is 11.4 Å². The lowest BCUT2D eigenvalue weighted by atomic mass is 10.1. The molecule has 0 spiro atoms. The van der Waals surface area contributed by atoms with E-state index >= 15 is 0 Å². The van der Waals surface area contributed by atoms with Crippen LogP contribution in [0.4, 0.5) is 16.2 Å². The first-order valence-corrected chi connectivity index (χ1v) is 6.95. The van der Waals surface area contributed by atoms with Crippen molar-refractivity contribution in [1.29, 1.82) is 0 Å². The zero-order chi connectivity index (χ0) is 15.8. The molecule has 0 fully saturated rings. The molecule has 0 saturated heterocycles. The van der Waals surface area contributed by atoms with Crippen LogP contribution in [0.2, 0.25) is 0 Å². The molecule has 3 N–H and O–H groups in total. The summed E-state index contributed by atoms with van der Waals surface area (Å²) >= 11 is 0. The predicted octanol–water partition coefficient (Wildman–Crippen LogP) is 2.52. The van der Waals surface area contributed by atoms with E-state index in [9.17, 15) is 9.59 Å². The molecule has 0 aliphatic carbocycles. The van der Waals surface area contributed by atoms with Gasteiger partial charge in [0.25, 0.3) is 0 Å². The van der Waals surface area contributed by atoms with Crippen molar-refractivity contribution in [2.45, 2.75) is 32.2 Å². The number of aliphatic carboxylic acids is 1. The van der Waals surface area contributed by atoms with Gasteiger partial charge in [0.2, 0.25) is 0 Å². The van der Waals surface area contributed by atoms with Gasteiger partial charge in [-0.1, -0.05) is 6.07 Å². The van der Waals surface area contributed by atoms with Gasteiger partial charge in [0.1, 0.15) is 0 Å². The highest BCUT2D eigenvalue weighted by atomic mass is 16.4. The van der Waals surface area contributed by atoms with E-state index in [1.54, 1.807) is 0 Å². The first kappa shape index (κ1) is 16.8. The molecule has 6 heteroatoms. The molecule has 116 valence electrons. The molecule has 6 nitrogen and oxygen atoms in total. The average Bonchev–Trinajstić information content (AvgIpc) is 2.38. The quantitative estimate of drug-likeness (QED) is 0.721. The highest BCUT2D eigenvalue weighted by Crippen LogP contribution is 2.17. The highest BCUT2D eigenvalue weighted by molar-refractivity contribution is 5.90. The molecule has 0 heterocycles. The van der Waals surface area contributed by atoms with Gasteiger partial charge in [0.05, 0.1) is 0 Å². The second-order valence-corrected chi connectivity index (χ2v) is 5.23. The summed E-state index contributed by atoms with van der Waals surface area (Å²) in [7, 11) is 3.87. The second-order valence-electron chi connectivity index (χ2n) is 5.23. The van der Waals surface area contributed by atoms with Gasteiger partial charge in [0.15, 0.2) is 0 Å². The SMILES string of the molecule is CC(CCCC(=O)O)NC(=O)Nc1cccc(N(C)C)c1. The van der Waals surface area contributed by atoms with Crippen LogP contribution in [0.25, 0.3) is 0 Å². The maximum Gasteiger partial charge on any atom is 0.319 e. The molecule has 1 atom stereocenters. The van der Waals surface area contributed by atoms with Gasteiger partial charge in [-0.05, 0) is 38.0 Å². The number of carbonyl (C=O) groups excluding carboxylic acids is 1. The fourth-order valence-corrected chi connectivity index (χ4v) is 1.88. The second kappa shape index (κ2) is 8.14. The summed E-state index contributed by atoms with van der Waals surface area (Å²) in [6.07, 6.45) is 1.31. The zero-order valence-corrected chi connectivity index (χ0v) is 12.7. The Morgan fingerprint density at radius 1 is 1.33 bits per heavy atom. The van der Waals surface area contributed by atoms with E-state index in [0.29, 0.717) is 12.8 Å². The van der Waals surface area contributed by atoms with Crippen molar-refractivity contribution in [1.82, 2.24) is 5.32 Å². The highest BCUT2D eigenvalue weighted by Gasteiger charge is 2.08. The minimum atomic E-state index is -0.813. The van der Waals surface area contributed by atoms with E-state index < -0.39 is 5.97 Å². The van der Waals surface area contributed by atoms with Crippen LogP contribution in [0.5, 0.6) is 0 Å². The normalized spacial score (nSPS) is 11.6. The molecule has 0 aliphatic heterocycles. The minimum Gasteiger partial charge on any atom is -0.481 e. The molecule has 1 rings (SSSR count). The molecule has 1 aromatic rings. The largest absolute Gasteiger partial charge is 0.481 e. The zero-order valence-electron chi connectivity index (χ0n) is 12.7. The van der Waals surface area contributed by atoms with E-state index in [-0.39, 0.29) is 18.5 Å². The monoisotopic (exact) mass is 293 g/mol. The van der Waals surface area contributed by atoms with E-state index in [1.807, 2.05) is 50.2 Å². The first-order chi connectivity index (χ1) is 9.88. The third-order valence-electron chi connectivity index (χ3n) is 3.03. The van der Waals surface area contributed by atoms with Crippen LogP contribution in [-0.4, -0.2) is 37.2 Å². The fourth-order valence-electron chi connectivity index (χ4n) is 1.88. The molecule has 1 unspecified atom stereocenters. The van der Waals surface area contributed by atoms with Crippen LogP contribution in [0.15, 0.2) is 24.3 Å². The molecular formula is C15H23N3O3. The number of carboxylic acid groups (broad SMARTS) is 1. The maximum absolute atomic E-state index is 11.8. The average molecular weight is 293 g/mol. The van der Waals surface area contributed by atoms with Crippen LogP contribution < -0.4 is 15.5 Å².